The molecule has 1 aliphatic heterocycles. The van der Waals surface area contributed by atoms with Gasteiger partial charge in [-0.25, -0.2) is 0 Å². The molecule has 0 aromatic heterocycles. The Balaban J connectivity index is 1.96. The third kappa shape index (κ3) is 2.57. The minimum absolute atomic E-state index is 0.222. The molecule has 0 fully saturated rings. The molecule has 4 rings (SSSR count). The van der Waals surface area contributed by atoms with Crippen LogP contribution >= 0.6 is 0 Å². The molecule has 0 aliphatic carbocycles. The molecule has 120 valence electrons. The van der Waals surface area contributed by atoms with Crippen LogP contribution in [0.5, 0.6) is 5.75 Å². The normalized spacial score (nSPS) is 13.5. The fraction of sp³-hybridized carbons (Fsp3) is 0.190. The number of hydrogen-bond acceptors (Lipinski definition) is 3. The standard InChI is InChI=1S/C21H19NO2/c1-23-14-24-19-11-10-15-6-2-4-8-17(15)20(19)21-18-9-5-3-7-16(18)12-13-22-21/h2-11H,12-14H2,1H3. The van der Waals surface area contributed by atoms with Crippen LogP contribution in [0.3, 0.4) is 0 Å². The van der Waals surface area contributed by atoms with Crippen LogP contribution in [0.25, 0.3) is 10.8 Å². The largest absolute Gasteiger partial charge is 0.467 e. The Hall–Kier alpha value is -2.65. The second-order valence-electron chi connectivity index (χ2n) is 5.85. The van der Waals surface area contributed by atoms with Crippen LogP contribution in [-0.2, 0) is 11.2 Å². The average Bonchev–Trinajstić information content (AvgIpc) is 2.65. The molecule has 1 heterocycles. The van der Waals surface area contributed by atoms with Gasteiger partial charge in [-0.3, -0.25) is 4.99 Å². The first-order chi connectivity index (χ1) is 11.9. The number of benzene rings is 3. The Morgan fingerprint density at radius 1 is 0.958 bits per heavy atom. The molecule has 1 aliphatic rings. The molecule has 24 heavy (non-hydrogen) atoms. The lowest BCUT2D eigenvalue weighted by atomic mass is 9.90. The molecule has 0 unspecified atom stereocenters. The lowest BCUT2D eigenvalue weighted by Crippen LogP contribution is -2.16. The van der Waals surface area contributed by atoms with E-state index in [9.17, 15) is 0 Å². The second kappa shape index (κ2) is 6.46. The zero-order chi connectivity index (χ0) is 16.4. The summed E-state index contributed by atoms with van der Waals surface area (Å²) in [7, 11) is 1.63. The molecular weight excluding hydrogens is 298 g/mol. The molecule has 0 bridgehead atoms. The van der Waals surface area contributed by atoms with E-state index < -0.39 is 0 Å². The number of rotatable bonds is 4. The number of ether oxygens (including phenoxy) is 2. The van der Waals surface area contributed by atoms with Gasteiger partial charge >= 0.3 is 0 Å². The van der Waals surface area contributed by atoms with E-state index in [-0.39, 0.29) is 6.79 Å². The van der Waals surface area contributed by atoms with Gasteiger partial charge in [-0.2, -0.15) is 0 Å². The Labute approximate surface area is 141 Å². The van der Waals surface area contributed by atoms with Crippen LogP contribution in [0.15, 0.2) is 65.7 Å². The minimum atomic E-state index is 0.222. The van der Waals surface area contributed by atoms with Gasteiger partial charge in [0, 0.05) is 19.2 Å². The number of methoxy groups -OCH3 is 1. The summed E-state index contributed by atoms with van der Waals surface area (Å²) in [6.07, 6.45) is 0.985. The maximum absolute atomic E-state index is 5.86. The van der Waals surface area contributed by atoms with Gasteiger partial charge in [-0.15, -0.1) is 0 Å². The summed E-state index contributed by atoms with van der Waals surface area (Å²) in [4.78, 5) is 4.86. The van der Waals surface area contributed by atoms with Crippen LogP contribution in [0.1, 0.15) is 16.7 Å². The average molecular weight is 317 g/mol. The SMILES string of the molecule is COCOc1ccc2ccccc2c1C1=NCCc2ccccc21. The zero-order valence-corrected chi connectivity index (χ0v) is 13.7. The van der Waals surface area contributed by atoms with Crippen molar-refractivity contribution in [2.75, 3.05) is 20.4 Å². The van der Waals surface area contributed by atoms with E-state index in [0.717, 1.165) is 35.4 Å². The Kier molecular flexibility index (Phi) is 4.01. The molecule has 0 N–H and O–H groups in total. The molecule has 3 aromatic carbocycles. The number of nitrogens with zero attached hydrogens (tertiary/aromatic N) is 1. The predicted octanol–water partition coefficient (Wildman–Crippen LogP) is 4.22. The van der Waals surface area contributed by atoms with E-state index in [1.807, 2.05) is 6.07 Å². The van der Waals surface area contributed by atoms with Crippen molar-refractivity contribution in [1.82, 2.24) is 0 Å². The van der Waals surface area contributed by atoms with Crippen LogP contribution in [0.2, 0.25) is 0 Å². The van der Waals surface area contributed by atoms with E-state index >= 15 is 0 Å². The summed E-state index contributed by atoms with van der Waals surface area (Å²) in [5, 5.41) is 2.34. The van der Waals surface area contributed by atoms with Gasteiger partial charge in [-0.05, 0) is 28.8 Å². The number of fused-ring (bicyclic) bond motifs is 2. The molecule has 3 aromatic rings. The molecule has 0 radical (unpaired) electrons. The molecule has 0 spiro atoms. The van der Waals surface area contributed by atoms with Gasteiger partial charge in [0.15, 0.2) is 6.79 Å². The molecular formula is C21H19NO2. The molecule has 0 saturated heterocycles. The molecule has 0 amide bonds. The van der Waals surface area contributed by atoms with Crippen molar-refractivity contribution < 1.29 is 9.47 Å². The summed E-state index contributed by atoms with van der Waals surface area (Å²) in [6.45, 7) is 1.03. The van der Waals surface area contributed by atoms with Crippen molar-refractivity contribution >= 4 is 16.5 Å². The van der Waals surface area contributed by atoms with Gasteiger partial charge in [0.1, 0.15) is 5.75 Å². The Bertz CT molecular complexity index is 915. The van der Waals surface area contributed by atoms with E-state index in [0.29, 0.717) is 0 Å². The minimum Gasteiger partial charge on any atom is -0.467 e. The zero-order valence-electron chi connectivity index (χ0n) is 13.7. The van der Waals surface area contributed by atoms with Crippen molar-refractivity contribution in [1.29, 1.82) is 0 Å². The van der Waals surface area contributed by atoms with E-state index in [4.69, 9.17) is 14.5 Å². The van der Waals surface area contributed by atoms with Gasteiger partial charge < -0.3 is 9.47 Å². The van der Waals surface area contributed by atoms with Crippen molar-refractivity contribution in [3.63, 3.8) is 0 Å². The monoisotopic (exact) mass is 317 g/mol. The summed E-state index contributed by atoms with van der Waals surface area (Å²) in [5.74, 6) is 0.811. The fourth-order valence-electron chi connectivity index (χ4n) is 3.29. The molecule has 0 atom stereocenters. The third-order valence-electron chi connectivity index (χ3n) is 4.38. The Morgan fingerprint density at radius 2 is 1.79 bits per heavy atom. The van der Waals surface area contributed by atoms with Crippen LogP contribution in [0, 0.1) is 0 Å². The van der Waals surface area contributed by atoms with Gasteiger partial charge in [-0.1, -0.05) is 54.6 Å². The highest BCUT2D eigenvalue weighted by atomic mass is 16.7. The van der Waals surface area contributed by atoms with Crippen molar-refractivity contribution in [2.24, 2.45) is 4.99 Å². The maximum Gasteiger partial charge on any atom is 0.188 e. The highest BCUT2D eigenvalue weighted by Gasteiger charge is 2.21. The summed E-state index contributed by atoms with van der Waals surface area (Å²) >= 11 is 0. The van der Waals surface area contributed by atoms with Crippen LogP contribution in [0.4, 0.5) is 0 Å². The van der Waals surface area contributed by atoms with Crippen molar-refractivity contribution in [3.05, 3.63) is 77.4 Å². The Morgan fingerprint density at radius 3 is 2.71 bits per heavy atom. The van der Waals surface area contributed by atoms with Crippen molar-refractivity contribution in [2.45, 2.75) is 6.42 Å². The topological polar surface area (TPSA) is 30.8 Å². The maximum atomic E-state index is 5.86. The number of hydrogen-bond donors (Lipinski definition) is 0. The fourth-order valence-corrected chi connectivity index (χ4v) is 3.29. The highest BCUT2D eigenvalue weighted by molar-refractivity contribution is 6.22. The summed E-state index contributed by atoms with van der Waals surface area (Å²) in [5.41, 5.74) is 4.60. The first-order valence-corrected chi connectivity index (χ1v) is 8.15. The van der Waals surface area contributed by atoms with Gasteiger partial charge in [0.2, 0.25) is 0 Å². The first kappa shape index (κ1) is 14.9. The molecule has 0 saturated carbocycles. The smallest absolute Gasteiger partial charge is 0.188 e. The lowest BCUT2D eigenvalue weighted by molar-refractivity contribution is 0.0511. The van der Waals surface area contributed by atoms with Crippen LogP contribution < -0.4 is 4.74 Å². The molecule has 3 heteroatoms. The van der Waals surface area contributed by atoms with E-state index in [1.54, 1.807) is 7.11 Å². The van der Waals surface area contributed by atoms with E-state index in [1.165, 1.54) is 16.5 Å². The number of aliphatic imine (C=N–C) groups is 1. The van der Waals surface area contributed by atoms with E-state index in [2.05, 4.69) is 54.6 Å². The molecule has 3 nitrogen and oxygen atoms in total. The van der Waals surface area contributed by atoms with Gasteiger partial charge in [0.25, 0.3) is 0 Å². The quantitative estimate of drug-likeness (QED) is 0.675. The highest BCUT2D eigenvalue weighted by Crippen LogP contribution is 2.33. The lowest BCUT2D eigenvalue weighted by Gasteiger charge is -2.21. The predicted molar refractivity (Wildman–Crippen MR) is 97.1 cm³/mol. The second-order valence-corrected chi connectivity index (χ2v) is 5.85. The van der Waals surface area contributed by atoms with Crippen LogP contribution in [-0.4, -0.2) is 26.2 Å². The van der Waals surface area contributed by atoms with Gasteiger partial charge in [0.05, 0.1) is 11.3 Å². The van der Waals surface area contributed by atoms with Crippen molar-refractivity contribution in [3.8, 4) is 5.75 Å². The summed E-state index contributed by atoms with van der Waals surface area (Å²) in [6, 6.07) is 20.9. The third-order valence-corrected chi connectivity index (χ3v) is 4.38. The first-order valence-electron chi connectivity index (χ1n) is 8.15. The summed E-state index contributed by atoms with van der Waals surface area (Å²) < 4.78 is 11.0.